The maximum Gasteiger partial charge on any atom is 0.0235 e. The van der Waals surface area contributed by atoms with E-state index < -0.39 is 0 Å². The minimum atomic E-state index is 0.812. The van der Waals surface area contributed by atoms with E-state index in [0.29, 0.717) is 0 Å². The van der Waals surface area contributed by atoms with Gasteiger partial charge in [-0.05, 0) is 38.8 Å². The van der Waals surface area contributed by atoms with Gasteiger partial charge < -0.3 is 4.90 Å². The molecule has 2 heteroatoms. The summed E-state index contributed by atoms with van der Waals surface area (Å²) in [4.78, 5) is 2.59. The third-order valence-electron chi connectivity index (χ3n) is 2.55. The zero-order chi connectivity index (χ0) is 8.10. The van der Waals surface area contributed by atoms with Crippen LogP contribution in [0.25, 0.3) is 0 Å². The van der Waals surface area contributed by atoms with Crippen molar-refractivity contribution < 1.29 is 0 Å². The predicted molar refractivity (Wildman–Crippen MR) is 50.2 cm³/mol. The molecule has 1 rings (SSSR count). The molecule has 1 fully saturated rings. The van der Waals surface area contributed by atoms with Crippen LogP contribution in [0, 0.1) is 0 Å². The molecule has 0 aromatic heterocycles. The quantitative estimate of drug-likeness (QED) is 0.594. The highest BCUT2D eigenvalue weighted by Crippen LogP contribution is 2.19. The smallest absolute Gasteiger partial charge is 0.0235 e. The van der Waals surface area contributed by atoms with Gasteiger partial charge >= 0.3 is 0 Å². The number of likely N-dealkylation sites (tertiary alicyclic amines) is 1. The van der Waals surface area contributed by atoms with Crippen LogP contribution in [0.3, 0.4) is 0 Å². The third kappa shape index (κ3) is 2.64. The lowest BCUT2D eigenvalue weighted by Gasteiger charge is -2.22. The molecule has 0 spiro atoms. The maximum atomic E-state index is 5.64. The van der Waals surface area contributed by atoms with E-state index in [1.165, 1.54) is 32.4 Å². The van der Waals surface area contributed by atoms with Crippen LogP contribution in [0.5, 0.6) is 0 Å². The van der Waals surface area contributed by atoms with Crippen molar-refractivity contribution in [2.45, 2.75) is 38.6 Å². The molecule has 1 aliphatic rings. The number of halogens is 1. The van der Waals surface area contributed by atoms with Crippen molar-refractivity contribution in [2.75, 3.05) is 19.0 Å². The lowest BCUT2D eigenvalue weighted by molar-refractivity contribution is 0.249. The van der Waals surface area contributed by atoms with Gasteiger partial charge in [0.2, 0.25) is 0 Å². The van der Waals surface area contributed by atoms with Crippen molar-refractivity contribution in [3.8, 4) is 0 Å². The lowest BCUT2D eigenvalue weighted by atomic mass is 10.2. The highest BCUT2D eigenvalue weighted by atomic mass is 35.5. The Balaban J connectivity index is 2.20. The van der Waals surface area contributed by atoms with E-state index >= 15 is 0 Å². The maximum absolute atomic E-state index is 5.64. The highest BCUT2D eigenvalue weighted by molar-refractivity contribution is 6.17. The summed E-state index contributed by atoms with van der Waals surface area (Å²) in [5.74, 6) is 0.812. The summed E-state index contributed by atoms with van der Waals surface area (Å²) in [6.07, 6.45) is 5.25. The fourth-order valence-corrected chi connectivity index (χ4v) is 2.03. The summed E-state index contributed by atoms with van der Waals surface area (Å²) < 4.78 is 0. The largest absolute Gasteiger partial charge is 0.300 e. The van der Waals surface area contributed by atoms with Crippen LogP contribution in [-0.2, 0) is 0 Å². The molecule has 0 saturated carbocycles. The van der Waals surface area contributed by atoms with Crippen LogP contribution in [0.2, 0.25) is 0 Å². The summed E-state index contributed by atoms with van der Waals surface area (Å²) in [5, 5.41) is 0. The second-order valence-corrected chi connectivity index (χ2v) is 3.66. The number of rotatable bonds is 4. The Morgan fingerprint density at radius 1 is 1.55 bits per heavy atom. The van der Waals surface area contributed by atoms with Gasteiger partial charge in [-0.2, -0.15) is 0 Å². The average molecular weight is 176 g/mol. The summed E-state index contributed by atoms with van der Waals surface area (Å²) in [5.41, 5.74) is 0. The van der Waals surface area contributed by atoms with E-state index in [-0.39, 0.29) is 0 Å². The van der Waals surface area contributed by atoms with Gasteiger partial charge in [0.25, 0.3) is 0 Å². The highest BCUT2D eigenvalue weighted by Gasteiger charge is 2.21. The zero-order valence-corrected chi connectivity index (χ0v) is 8.11. The van der Waals surface area contributed by atoms with Crippen LogP contribution in [0.1, 0.15) is 32.6 Å². The molecule has 0 aromatic rings. The lowest BCUT2D eigenvalue weighted by Crippen LogP contribution is -2.29. The minimum absolute atomic E-state index is 0.812. The minimum Gasteiger partial charge on any atom is -0.300 e. The van der Waals surface area contributed by atoms with Gasteiger partial charge in [0, 0.05) is 11.9 Å². The molecule has 1 saturated heterocycles. The topological polar surface area (TPSA) is 3.24 Å². The molecule has 0 aromatic carbocycles. The molecular formula is C9H18ClN. The monoisotopic (exact) mass is 175 g/mol. The first-order chi connectivity index (χ1) is 5.38. The molecule has 0 radical (unpaired) electrons. The van der Waals surface area contributed by atoms with Crippen molar-refractivity contribution in [1.29, 1.82) is 0 Å². The molecule has 1 nitrogen and oxygen atoms in total. The molecule has 0 amide bonds. The third-order valence-corrected chi connectivity index (χ3v) is 2.82. The average Bonchev–Trinajstić information content (AvgIpc) is 2.47. The van der Waals surface area contributed by atoms with Gasteiger partial charge in [0.05, 0.1) is 0 Å². The fraction of sp³-hybridized carbons (Fsp3) is 1.00. The molecule has 0 bridgehead atoms. The van der Waals surface area contributed by atoms with Crippen molar-refractivity contribution in [3.63, 3.8) is 0 Å². The first-order valence-electron chi connectivity index (χ1n) is 4.68. The molecule has 0 N–H and O–H groups in total. The van der Waals surface area contributed by atoms with Gasteiger partial charge in [-0.25, -0.2) is 0 Å². The van der Waals surface area contributed by atoms with E-state index in [0.717, 1.165) is 18.3 Å². The number of hydrogen-bond acceptors (Lipinski definition) is 1. The summed E-state index contributed by atoms with van der Waals surface area (Å²) in [6, 6.07) is 0.859. The van der Waals surface area contributed by atoms with Gasteiger partial charge in [0.1, 0.15) is 0 Å². The standard InChI is InChI=1S/C9H18ClN/c1-2-9-5-3-7-11(9)8-4-6-10/h9H,2-8H2,1H3. The molecule has 11 heavy (non-hydrogen) atoms. The van der Waals surface area contributed by atoms with E-state index in [4.69, 9.17) is 11.6 Å². The van der Waals surface area contributed by atoms with E-state index in [1.807, 2.05) is 0 Å². The Hall–Kier alpha value is 0.250. The van der Waals surface area contributed by atoms with Crippen LogP contribution >= 0.6 is 11.6 Å². The van der Waals surface area contributed by atoms with Gasteiger partial charge in [-0.15, -0.1) is 11.6 Å². The van der Waals surface area contributed by atoms with E-state index in [2.05, 4.69) is 11.8 Å². The first kappa shape index (κ1) is 9.34. The van der Waals surface area contributed by atoms with Gasteiger partial charge in [-0.1, -0.05) is 6.92 Å². The SMILES string of the molecule is CCC1CCCN1CCCCl. The Morgan fingerprint density at radius 2 is 2.36 bits per heavy atom. The Labute approximate surface area is 74.7 Å². The van der Waals surface area contributed by atoms with E-state index in [1.54, 1.807) is 0 Å². The molecule has 66 valence electrons. The molecule has 1 aliphatic heterocycles. The Morgan fingerprint density at radius 3 is 3.00 bits per heavy atom. The van der Waals surface area contributed by atoms with Crippen molar-refractivity contribution >= 4 is 11.6 Å². The number of nitrogens with zero attached hydrogens (tertiary/aromatic N) is 1. The second kappa shape index (κ2) is 5.00. The Kier molecular flexibility index (Phi) is 4.24. The van der Waals surface area contributed by atoms with Crippen LogP contribution in [0.15, 0.2) is 0 Å². The van der Waals surface area contributed by atoms with E-state index in [9.17, 15) is 0 Å². The molecule has 0 aliphatic carbocycles. The summed E-state index contributed by atoms with van der Waals surface area (Å²) in [7, 11) is 0. The van der Waals surface area contributed by atoms with Gasteiger partial charge in [-0.3, -0.25) is 0 Å². The first-order valence-corrected chi connectivity index (χ1v) is 5.22. The van der Waals surface area contributed by atoms with Gasteiger partial charge in [0.15, 0.2) is 0 Å². The molecule has 1 atom stereocenters. The zero-order valence-electron chi connectivity index (χ0n) is 7.35. The molecular weight excluding hydrogens is 158 g/mol. The number of hydrogen-bond donors (Lipinski definition) is 0. The second-order valence-electron chi connectivity index (χ2n) is 3.28. The normalized spacial score (nSPS) is 26.2. The summed E-state index contributed by atoms with van der Waals surface area (Å²) in [6.45, 7) is 4.79. The molecule has 1 heterocycles. The van der Waals surface area contributed by atoms with Crippen molar-refractivity contribution in [2.24, 2.45) is 0 Å². The van der Waals surface area contributed by atoms with Crippen molar-refractivity contribution in [3.05, 3.63) is 0 Å². The Bertz CT molecular complexity index is 106. The van der Waals surface area contributed by atoms with Crippen LogP contribution in [0.4, 0.5) is 0 Å². The fourth-order valence-electron chi connectivity index (χ4n) is 1.91. The predicted octanol–water partition coefficient (Wildman–Crippen LogP) is 2.49. The van der Waals surface area contributed by atoms with Crippen molar-refractivity contribution in [1.82, 2.24) is 4.90 Å². The number of alkyl halides is 1. The summed E-state index contributed by atoms with van der Waals surface area (Å²) >= 11 is 5.64. The van der Waals surface area contributed by atoms with Crippen LogP contribution in [-0.4, -0.2) is 29.9 Å². The molecule has 1 unspecified atom stereocenters. The van der Waals surface area contributed by atoms with Crippen LogP contribution < -0.4 is 0 Å².